The van der Waals surface area contributed by atoms with Crippen LogP contribution in [0.25, 0.3) is 0 Å². The number of ether oxygens (including phenoxy) is 2. The van der Waals surface area contributed by atoms with Crippen molar-refractivity contribution in [1.29, 1.82) is 0 Å². The van der Waals surface area contributed by atoms with Crippen LogP contribution < -0.4 is 11.2 Å². The van der Waals surface area contributed by atoms with Gasteiger partial charge in [0, 0.05) is 38.4 Å². The number of nitrogens with zero attached hydrogens (tertiary/aromatic N) is 2. The van der Waals surface area contributed by atoms with E-state index in [4.69, 9.17) is 9.47 Å². The van der Waals surface area contributed by atoms with Crippen molar-refractivity contribution >= 4 is 5.97 Å². The van der Waals surface area contributed by atoms with Crippen LogP contribution in [0.15, 0.2) is 45.9 Å². The second-order valence-electron chi connectivity index (χ2n) is 5.92. The summed E-state index contributed by atoms with van der Waals surface area (Å²) < 4.78 is 12.3. The minimum absolute atomic E-state index is 0.196. The van der Waals surface area contributed by atoms with E-state index in [-0.39, 0.29) is 13.0 Å². The van der Waals surface area contributed by atoms with E-state index < -0.39 is 35.7 Å². The van der Waals surface area contributed by atoms with Crippen LogP contribution in [0, 0.1) is 0 Å². The molecule has 25 heavy (non-hydrogen) atoms. The Kier molecular flexibility index (Phi) is 4.86. The molecular weight excluding hydrogens is 330 g/mol. The number of hydrogen-bond acceptors (Lipinski definition) is 7. The molecule has 9 heteroatoms. The first-order chi connectivity index (χ1) is 12.0. The standard InChI is InChI=1S/C16H19N3O6/c1-18-5-2-3-10(8-18)15(22)25-11-7-14(24-12(11)9-20)19-6-4-13(21)17-16(19)23/h2,4-6,8,11-12,14,20H,3,7,9H2,1H3,(H,17,21,23)/t11-,12+,14+/m0/s1. The van der Waals surface area contributed by atoms with Gasteiger partial charge >= 0.3 is 11.7 Å². The summed E-state index contributed by atoms with van der Waals surface area (Å²) in [5, 5.41) is 9.48. The summed E-state index contributed by atoms with van der Waals surface area (Å²) in [6.45, 7) is -0.356. The largest absolute Gasteiger partial charge is 0.456 e. The Labute approximate surface area is 142 Å². The van der Waals surface area contributed by atoms with Crippen molar-refractivity contribution < 1.29 is 19.4 Å². The lowest BCUT2D eigenvalue weighted by Crippen LogP contribution is -2.31. The third-order valence-electron chi connectivity index (χ3n) is 4.08. The summed E-state index contributed by atoms with van der Waals surface area (Å²) >= 11 is 0. The maximum absolute atomic E-state index is 12.3. The number of H-pyrrole nitrogens is 1. The predicted octanol–water partition coefficient (Wildman–Crippen LogP) is -0.539. The summed E-state index contributed by atoms with van der Waals surface area (Å²) in [5.74, 6) is -0.488. The number of rotatable bonds is 4. The van der Waals surface area contributed by atoms with Gasteiger partial charge in [0.1, 0.15) is 18.4 Å². The topological polar surface area (TPSA) is 114 Å². The second kappa shape index (κ2) is 7.08. The number of carbonyl (C=O) groups excluding carboxylic acids is 1. The summed E-state index contributed by atoms with van der Waals surface area (Å²) in [5.41, 5.74) is -0.642. The number of allylic oxidation sites excluding steroid dienone is 1. The second-order valence-corrected chi connectivity index (χ2v) is 5.92. The number of aliphatic hydroxyl groups excluding tert-OH is 1. The molecule has 0 aromatic carbocycles. The molecule has 0 bridgehead atoms. The van der Waals surface area contributed by atoms with Crippen LogP contribution in [0.1, 0.15) is 19.1 Å². The van der Waals surface area contributed by atoms with E-state index in [1.165, 1.54) is 16.8 Å². The van der Waals surface area contributed by atoms with Crippen LogP contribution in [0.3, 0.4) is 0 Å². The fraction of sp³-hybridized carbons (Fsp3) is 0.438. The minimum atomic E-state index is -0.745. The fourth-order valence-electron chi connectivity index (χ4n) is 2.85. The first-order valence-electron chi connectivity index (χ1n) is 7.86. The van der Waals surface area contributed by atoms with E-state index in [0.717, 1.165) is 0 Å². The molecule has 0 saturated carbocycles. The number of aliphatic hydroxyl groups is 1. The molecule has 2 N–H and O–H groups in total. The number of aromatic nitrogens is 2. The van der Waals surface area contributed by atoms with Crippen LogP contribution in [-0.4, -0.2) is 51.4 Å². The van der Waals surface area contributed by atoms with Crippen molar-refractivity contribution in [3.05, 3.63) is 57.2 Å². The number of carbonyl (C=O) groups is 1. The molecule has 3 heterocycles. The summed E-state index contributed by atoms with van der Waals surface area (Å²) in [7, 11) is 1.80. The molecule has 3 rings (SSSR count). The normalized spacial score (nSPS) is 25.8. The molecule has 9 nitrogen and oxygen atoms in total. The molecule has 1 aromatic rings. The van der Waals surface area contributed by atoms with E-state index in [9.17, 15) is 19.5 Å². The first-order valence-corrected chi connectivity index (χ1v) is 7.86. The Balaban J connectivity index is 1.72. The SMILES string of the molecule is CN1C=CCC(C(=O)O[C@H]2C[C@H](n3ccc(=O)[nH]c3=O)O[C@@H]2CO)=C1. The Morgan fingerprint density at radius 2 is 2.28 bits per heavy atom. The van der Waals surface area contributed by atoms with Crippen molar-refractivity contribution in [2.24, 2.45) is 0 Å². The van der Waals surface area contributed by atoms with Crippen LogP contribution in [0.5, 0.6) is 0 Å². The lowest BCUT2D eigenvalue weighted by molar-refractivity contribution is -0.148. The molecular formula is C16H19N3O6. The van der Waals surface area contributed by atoms with Crippen LogP contribution in [-0.2, 0) is 14.3 Å². The van der Waals surface area contributed by atoms with Crippen molar-refractivity contribution in [3.63, 3.8) is 0 Å². The van der Waals surface area contributed by atoms with Crippen LogP contribution >= 0.6 is 0 Å². The molecule has 0 unspecified atom stereocenters. The highest BCUT2D eigenvalue weighted by Gasteiger charge is 2.39. The van der Waals surface area contributed by atoms with Crippen LogP contribution in [0.4, 0.5) is 0 Å². The molecule has 0 aliphatic carbocycles. The summed E-state index contributed by atoms with van der Waals surface area (Å²) in [6, 6.07) is 1.20. The Bertz CT molecular complexity index is 824. The monoisotopic (exact) mass is 349 g/mol. The fourth-order valence-corrected chi connectivity index (χ4v) is 2.85. The number of aromatic amines is 1. The van der Waals surface area contributed by atoms with Gasteiger partial charge in [-0.3, -0.25) is 14.3 Å². The van der Waals surface area contributed by atoms with E-state index >= 15 is 0 Å². The van der Waals surface area contributed by atoms with E-state index in [1.54, 1.807) is 18.1 Å². The van der Waals surface area contributed by atoms with Gasteiger partial charge in [0.2, 0.25) is 0 Å². The third-order valence-corrected chi connectivity index (χ3v) is 4.08. The first kappa shape index (κ1) is 17.2. The lowest BCUT2D eigenvalue weighted by atomic mass is 10.1. The molecule has 2 aliphatic rings. The van der Waals surface area contributed by atoms with Gasteiger partial charge in [0.15, 0.2) is 0 Å². The van der Waals surface area contributed by atoms with Gasteiger partial charge in [-0.25, -0.2) is 9.59 Å². The van der Waals surface area contributed by atoms with Gasteiger partial charge in [-0.05, 0) is 6.20 Å². The molecule has 1 aromatic heterocycles. The van der Waals surface area contributed by atoms with E-state index in [2.05, 4.69) is 4.98 Å². The Hall–Kier alpha value is -2.65. The zero-order valence-electron chi connectivity index (χ0n) is 13.6. The molecule has 0 radical (unpaired) electrons. The van der Waals surface area contributed by atoms with Gasteiger partial charge in [-0.1, -0.05) is 6.08 Å². The van der Waals surface area contributed by atoms with Crippen molar-refractivity contribution in [2.75, 3.05) is 13.7 Å². The van der Waals surface area contributed by atoms with Gasteiger partial charge in [0.05, 0.1) is 12.2 Å². The minimum Gasteiger partial charge on any atom is -0.456 e. The highest BCUT2D eigenvalue weighted by Crippen LogP contribution is 2.30. The molecule has 134 valence electrons. The van der Waals surface area contributed by atoms with E-state index in [1.807, 2.05) is 12.3 Å². The average Bonchev–Trinajstić information content (AvgIpc) is 2.97. The molecule has 0 spiro atoms. The molecule has 1 fully saturated rings. The Morgan fingerprint density at radius 3 is 2.96 bits per heavy atom. The zero-order chi connectivity index (χ0) is 18.0. The molecule has 0 amide bonds. The maximum atomic E-state index is 12.3. The van der Waals surface area contributed by atoms with Crippen molar-refractivity contribution in [2.45, 2.75) is 31.3 Å². The van der Waals surface area contributed by atoms with Gasteiger partial charge in [0.25, 0.3) is 5.56 Å². The zero-order valence-corrected chi connectivity index (χ0v) is 13.6. The van der Waals surface area contributed by atoms with Gasteiger partial charge in [-0.2, -0.15) is 0 Å². The van der Waals surface area contributed by atoms with Gasteiger partial charge < -0.3 is 19.5 Å². The maximum Gasteiger partial charge on any atom is 0.336 e. The summed E-state index contributed by atoms with van der Waals surface area (Å²) in [4.78, 5) is 39.2. The Morgan fingerprint density at radius 1 is 1.48 bits per heavy atom. The predicted molar refractivity (Wildman–Crippen MR) is 86.4 cm³/mol. The molecule has 2 aliphatic heterocycles. The molecule has 3 atom stereocenters. The van der Waals surface area contributed by atoms with Gasteiger partial charge in [-0.15, -0.1) is 0 Å². The molecule has 1 saturated heterocycles. The highest BCUT2D eigenvalue weighted by atomic mass is 16.6. The number of hydrogen-bond donors (Lipinski definition) is 2. The number of esters is 1. The smallest absolute Gasteiger partial charge is 0.336 e. The quantitative estimate of drug-likeness (QED) is 0.702. The third kappa shape index (κ3) is 3.72. The van der Waals surface area contributed by atoms with Crippen molar-refractivity contribution in [1.82, 2.24) is 14.5 Å². The van der Waals surface area contributed by atoms with Crippen molar-refractivity contribution in [3.8, 4) is 0 Å². The number of nitrogens with one attached hydrogen (secondary N) is 1. The lowest BCUT2D eigenvalue weighted by Gasteiger charge is -2.20. The summed E-state index contributed by atoms with van der Waals surface area (Å²) in [6.07, 6.45) is 5.15. The highest BCUT2D eigenvalue weighted by molar-refractivity contribution is 5.89. The van der Waals surface area contributed by atoms with E-state index in [0.29, 0.717) is 12.0 Å². The van der Waals surface area contributed by atoms with Crippen LogP contribution in [0.2, 0.25) is 0 Å². The average molecular weight is 349 g/mol.